The number of hydrogen-bond acceptors (Lipinski definition) is 5. The summed E-state index contributed by atoms with van der Waals surface area (Å²) < 4.78 is 85.8. The van der Waals surface area contributed by atoms with Crippen molar-refractivity contribution in [2.45, 2.75) is 55.8 Å². The molecule has 5 nitrogen and oxygen atoms in total. The number of halogens is 6. The minimum absolute atomic E-state index is 0.0497. The van der Waals surface area contributed by atoms with Gasteiger partial charge in [-0.05, 0) is 62.4 Å². The molecule has 0 aliphatic carbocycles. The van der Waals surface area contributed by atoms with Gasteiger partial charge in [0.15, 0.2) is 0 Å². The van der Waals surface area contributed by atoms with E-state index in [1.807, 2.05) is 13.8 Å². The Morgan fingerprint density at radius 2 is 1.46 bits per heavy atom. The van der Waals surface area contributed by atoms with Gasteiger partial charge in [0.05, 0.1) is 23.3 Å². The van der Waals surface area contributed by atoms with E-state index >= 15 is 0 Å². The van der Waals surface area contributed by atoms with Gasteiger partial charge in [-0.25, -0.2) is 0 Å². The van der Waals surface area contributed by atoms with Crippen LogP contribution in [0.3, 0.4) is 0 Å². The molecule has 2 aliphatic heterocycles. The number of morpholine rings is 1. The Balaban J connectivity index is 1.55. The second-order valence-electron chi connectivity index (χ2n) is 10.8. The Morgan fingerprint density at radius 1 is 0.854 bits per heavy atom. The average Bonchev–Trinajstić information content (AvgIpc) is 2.90. The quantitative estimate of drug-likeness (QED) is 0.290. The van der Waals surface area contributed by atoms with Gasteiger partial charge in [-0.2, -0.15) is 26.3 Å². The second kappa shape index (κ2) is 12.9. The monoisotopic (exact) mass is 603 g/mol. The van der Waals surface area contributed by atoms with Crippen LogP contribution in [-0.4, -0.2) is 90.9 Å². The van der Waals surface area contributed by atoms with E-state index in [2.05, 4.69) is 9.80 Å². The Labute approximate surface area is 240 Å². The molecule has 0 bridgehead atoms. The van der Waals surface area contributed by atoms with Crippen molar-refractivity contribution in [3.63, 3.8) is 0 Å². The van der Waals surface area contributed by atoms with E-state index in [0.29, 0.717) is 30.1 Å². The van der Waals surface area contributed by atoms with E-state index in [4.69, 9.17) is 4.74 Å². The van der Waals surface area contributed by atoms with Crippen LogP contribution in [0.4, 0.5) is 26.3 Å². The number of amides is 1. The van der Waals surface area contributed by atoms with E-state index in [1.165, 1.54) is 18.2 Å². The summed E-state index contributed by atoms with van der Waals surface area (Å²) in [5, 5.41) is 0. The van der Waals surface area contributed by atoms with Crippen LogP contribution in [0.15, 0.2) is 47.4 Å². The van der Waals surface area contributed by atoms with Crippen LogP contribution >= 0.6 is 11.8 Å². The third kappa shape index (κ3) is 8.39. The zero-order valence-corrected chi connectivity index (χ0v) is 24.1. The number of nitrogens with zero attached hydrogens (tertiary/aromatic N) is 3. The van der Waals surface area contributed by atoms with Crippen molar-refractivity contribution >= 4 is 17.7 Å². The van der Waals surface area contributed by atoms with Gasteiger partial charge >= 0.3 is 12.4 Å². The summed E-state index contributed by atoms with van der Waals surface area (Å²) in [5.41, 5.74) is -1.08. The zero-order valence-electron chi connectivity index (χ0n) is 23.3. The molecule has 2 aromatic carbocycles. The molecule has 3 atom stereocenters. The Kier molecular flexibility index (Phi) is 9.98. The molecule has 2 unspecified atom stereocenters. The molecule has 0 spiro atoms. The van der Waals surface area contributed by atoms with Gasteiger partial charge < -0.3 is 9.64 Å². The summed E-state index contributed by atoms with van der Waals surface area (Å²) >= 11 is 1.12. The van der Waals surface area contributed by atoms with E-state index in [1.54, 1.807) is 11.2 Å². The summed E-state index contributed by atoms with van der Waals surface area (Å²) in [6, 6.07) is 7.76. The zero-order chi connectivity index (χ0) is 29.9. The van der Waals surface area contributed by atoms with Crippen LogP contribution in [0.2, 0.25) is 0 Å². The summed E-state index contributed by atoms with van der Waals surface area (Å²) in [6.07, 6.45) is -6.90. The predicted octanol–water partition coefficient (Wildman–Crippen LogP) is 5.92. The van der Waals surface area contributed by atoms with E-state index in [0.717, 1.165) is 62.2 Å². The Bertz CT molecular complexity index is 1180. The normalized spacial score (nSPS) is 23.1. The maximum absolute atomic E-state index is 13.7. The molecule has 1 amide bonds. The number of hydrogen-bond donors (Lipinski definition) is 0. The lowest BCUT2D eigenvalue weighted by molar-refractivity contribution is -0.138. The molecular formula is C29H35F6N3O2S. The van der Waals surface area contributed by atoms with Crippen LogP contribution in [0.1, 0.15) is 40.9 Å². The van der Waals surface area contributed by atoms with Crippen molar-refractivity contribution < 1.29 is 35.9 Å². The topological polar surface area (TPSA) is 36.0 Å². The van der Waals surface area contributed by atoms with Crippen LogP contribution in [-0.2, 0) is 23.5 Å². The number of benzene rings is 2. The van der Waals surface area contributed by atoms with Crippen molar-refractivity contribution in [1.29, 1.82) is 0 Å². The van der Waals surface area contributed by atoms with Crippen molar-refractivity contribution in [3.8, 4) is 0 Å². The molecule has 12 heteroatoms. The average molecular weight is 604 g/mol. The number of ether oxygens (including phenoxy) is 1. The molecule has 2 aromatic rings. The van der Waals surface area contributed by atoms with Crippen molar-refractivity contribution in [3.05, 3.63) is 64.7 Å². The largest absolute Gasteiger partial charge is 0.416 e. The van der Waals surface area contributed by atoms with Gasteiger partial charge in [0.1, 0.15) is 0 Å². The predicted molar refractivity (Wildman–Crippen MR) is 146 cm³/mol. The Morgan fingerprint density at radius 3 is 2.05 bits per heavy atom. The summed E-state index contributed by atoms with van der Waals surface area (Å²) in [5.74, 6) is -0.515. The number of carbonyl (C=O) groups excluding carboxylic acids is 1. The molecule has 2 heterocycles. The molecule has 41 heavy (non-hydrogen) atoms. The van der Waals surface area contributed by atoms with E-state index < -0.39 is 35.4 Å². The molecule has 226 valence electrons. The van der Waals surface area contributed by atoms with Gasteiger partial charge in [0, 0.05) is 62.3 Å². The van der Waals surface area contributed by atoms with Crippen molar-refractivity contribution in [1.82, 2.24) is 14.7 Å². The van der Waals surface area contributed by atoms with Crippen LogP contribution in [0.25, 0.3) is 0 Å². The summed E-state index contributed by atoms with van der Waals surface area (Å²) in [7, 11) is 0. The first-order valence-electron chi connectivity index (χ1n) is 13.6. The summed E-state index contributed by atoms with van der Waals surface area (Å²) in [6.45, 7) is 8.50. The third-order valence-electron chi connectivity index (χ3n) is 7.52. The first kappa shape index (κ1) is 31.7. The van der Waals surface area contributed by atoms with Crippen LogP contribution in [0, 0.1) is 0 Å². The SMILES string of the molecule is CSc1cc(C(=O)N2CCN(CCN3CC(C)OC(C)C3)C[C@H]2Cc2ccc(C(F)(F)F)cc2)cc(C(F)(F)F)c1. The van der Waals surface area contributed by atoms with Gasteiger partial charge in [-0.3, -0.25) is 14.6 Å². The third-order valence-corrected chi connectivity index (χ3v) is 8.23. The lowest BCUT2D eigenvalue weighted by atomic mass is 9.99. The fourth-order valence-corrected chi connectivity index (χ4v) is 6.08. The molecule has 4 rings (SSSR count). The fourth-order valence-electron chi connectivity index (χ4n) is 5.59. The molecule has 0 aromatic heterocycles. The molecule has 0 saturated carbocycles. The molecule has 2 aliphatic rings. The number of thioether (sulfide) groups is 1. The number of rotatable bonds is 7. The highest BCUT2D eigenvalue weighted by Gasteiger charge is 2.36. The number of alkyl halides is 6. The number of piperazine rings is 1. The van der Waals surface area contributed by atoms with E-state index in [-0.39, 0.29) is 24.2 Å². The highest BCUT2D eigenvalue weighted by Crippen LogP contribution is 2.34. The van der Waals surface area contributed by atoms with Gasteiger partial charge in [0.25, 0.3) is 5.91 Å². The molecule has 2 saturated heterocycles. The standard InChI is InChI=1S/C29H35F6N3O2S/c1-19-16-37(17-20(2)40-19)9-8-36-10-11-38(25(18-36)12-21-4-6-23(7-5-21)28(30,31)32)27(39)22-13-24(29(33,34)35)15-26(14-22)41-3/h4-7,13-15,19-20,25H,8-12,16-18H2,1-3H3/t19?,20?,25-/m1/s1. The van der Waals surface area contributed by atoms with Crippen LogP contribution < -0.4 is 0 Å². The fraction of sp³-hybridized carbons (Fsp3) is 0.552. The lowest BCUT2D eigenvalue weighted by Gasteiger charge is -2.43. The maximum atomic E-state index is 13.7. The number of carbonyl (C=O) groups is 1. The van der Waals surface area contributed by atoms with Gasteiger partial charge in [0.2, 0.25) is 0 Å². The minimum atomic E-state index is -4.60. The molecular weight excluding hydrogens is 568 g/mol. The first-order chi connectivity index (χ1) is 19.2. The second-order valence-corrected chi connectivity index (χ2v) is 11.7. The molecule has 2 fully saturated rings. The Hall–Kier alpha value is -2.28. The summed E-state index contributed by atoms with van der Waals surface area (Å²) in [4.78, 5) is 20.1. The molecule has 0 N–H and O–H groups in total. The van der Waals surface area contributed by atoms with Crippen molar-refractivity contribution in [2.75, 3.05) is 52.1 Å². The smallest absolute Gasteiger partial charge is 0.373 e. The lowest BCUT2D eigenvalue weighted by Crippen LogP contribution is -2.57. The van der Waals surface area contributed by atoms with Gasteiger partial charge in [-0.1, -0.05) is 12.1 Å². The van der Waals surface area contributed by atoms with Gasteiger partial charge in [-0.15, -0.1) is 11.8 Å². The van der Waals surface area contributed by atoms with Crippen LogP contribution in [0.5, 0.6) is 0 Å². The highest BCUT2D eigenvalue weighted by molar-refractivity contribution is 7.98. The van der Waals surface area contributed by atoms with Crippen molar-refractivity contribution in [2.24, 2.45) is 0 Å². The first-order valence-corrected chi connectivity index (χ1v) is 14.8. The van der Waals surface area contributed by atoms with E-state index in [9.17, 15) is 31.1 Å². The maximum Gasteiger partial charge on any atom is 0.416 e. The minimum Gasteiger partial charge on any atom is -0.373 e. The molecule has 0 radical (unpaired) electrons. The highest BCUT2D eigenvalue weighted by atomic mass is 32.2.